The lowest BCUT2D eigenvalue weighted by Crippen LogP contribution is -2.43. The largest absolute Gasteiger partial charge is 0.378 e. The third kappa shape index (κ3) is 4.67. The summed E-state index contributed by atoms with van der Waals surface area (Å²) in [4.78, 5) is 16.9. The van der Waals surface area contributed by atoms with Crippen LogP contribution < -0.4 is 4.90 Å². The second kappa shape index (κ2) is 9.43. The summed E-state index contributed by atoms with van der Waals surface area (Å²) in [6.07, 6.45) is 0. The number of rotatable bonds is 7. The number of amides is 1. The Kier molecular flexibility index (Phi) is 6.96. The molecule has 0 unspecified atom stereocenters. The Hall–Kier alpha value is -2.06. The van der Waals surface area contributed by atoms with Gasteiger partial charge in [-0.15, -0.1) is 10.2 Å². The Balaban J connectivity index is 1.85. The number of thioether (sulfide) groups is 1. The van der Waals surface area contributed by atoms with Crippen LogP contribution >= 0.6 is 11.8 Å². The van der Waals surface area contributed by atoms with Crippen molar-refractivity contribution in [3.05, 3.63) is 30.3 Å². The standard InChI is InChI=1S/C20H29N5O2S/c1-15(2)24(16(3)4)18(26)14-28-20-22-21-19(23-10-12-27-13-11-23)25(20)17-8-6-5-7-9-17/h5-9,15-16H,10-14H2,1-4H3. The molecule has 2 aromatic rings. The summed E-state index contributed by atoms with van der Waals surface area (Å²) in [5.74, 6) is 1.25. The summed E-state index contributed by atoms with van der Waals surface area (Å²) in [6, 6.07) is 10.4. The fourth-order valence-electron chi connectivity index (χ4n) is 3.50. The van der Waals surface area contributed by atoms with E-state index in [4.69, 9.17) is 4.74 Å². The van der Waals surface area contributed by atoms with Gasteiger partial charge in [-0.1, -0.05) is 30.0 Å². The minimum atomic E-state index is 0.116. The van der Waals surface area contributed by atoms with Crippen molar-refractivity contribution in [2.24, 2.45) is 0 Å². The third-order valence-electron chi connectivity index (χ3n) is 4.65. The maximum Gasteiger partial charge on any atom is 0.233 e. The van der Waals surface area contributed by atoms with Gasteiger partial charge < -0.3 is 14.5 Å². The zero-order valence-electron chi connectivity index (χ0n) is 17.0. The maximum absolute atomic E-state index is 12.8. The van der Waals surface area contributed by atoms with E-state index in [9.17, 15) is 4.79 Å². The van der Waals surface area contributed by atoms with Gasteiger partial charge in [-0.25, -0.2) is 0 Å². The molecular formula is C20H29N5O2S. The van der Waals surface area contributed by atoms with Crippen molar-refractivity contribution < 1.29 is 9.53 Å². The Labute approximate surface area is 171 Å². The van der Waals surface area contributed by atoms with Crippen molar-refractivity contribution in [3.8, 4) is 5.69 Å². The molecule has 0 spiro atoms. The number of nitrogens with zero attached hydrogens (tertiary/aromatic N) is 5. The molecule has 8 heteroatoms. The van der Waals surface area contributed by atoms with Crippen LogP contribution in [0, 0.1) is 0 Å². The number of benzene rings is 1. The second-order valence-electron chi connectivity index (χ2n) is 7.33. The van der Waals surface area contributed by atoms with Gasteiger partial charge in [-0.3, -0.25) is 9.36 Å². The van der Waals surface area contributed by atoms with Crippen LogP contribution in [0.2, 0.25) is 0 Å². The molecule has 0 N–H and O–H groups in total. The van der Waals surface area contributed by atoms with Crippen molar-refractivity contribution in [3.63, 3.8) is 0 Å². The summed E-state index contributed by atoms with van der Waals surface area (Å²) >= 11 is 1.44. The fraction of sp³-hybridized carbons (Fsp3) is 0.550. The number of anilines is 1. The van der Waals surface area contributed by atoms with E-state index < -0.39 is 0 Å². The Bertz CT molecular complexity index is 764. The van der Waals surface area contributed by atoms with Crippen LogP contribution in [0.3, 0.4) is 0 Å². The minimum absolute atomic E-state index is 0.116. The molecule has 1 aliphatic rings. The molecule has 0 saturated carbocycles. The normalized spacial score (nSPS) is 14.7. The number of hydrogen-bond donors (Lipinski definition) is 0. The molecule has 1 fully saturated rings. The zero-order valence-corrected chi connectivity index (χ0v) is 17.9. The van der Waals surface area contributed by atoms with Crippen molar-refractivity contribution in [2.45, 2.75) is 44.9 Å². The van der Waals surface area contributed by atoms with Crippen molar-refractivity contribution in [2.75, 3.05) is 37.0 Å². The molecule has 1 aliphatic heterocycles. The number of carbonyl (C=O) groups is 1. The van der Waals surface area contributed by atoms with Crippen molar-refractivity contribution in [1.29, 1.82) is 0 Å². The van der Waals surface area contributed by atoms with E-state index >= 15 is 0 Å². The highest BCUT2D eigenvalue weighted by atomic mass is 32.2. The third-order valence-corrected chi connectivity index (χ3v) is 5.56. The van der Waals surface area contributed by atoms with Crippen LogP contribution in [0.4, 0.5) is 5.95 Å². The molecule has 152 valence electrons. The highest BCUT2D eigenvalue weighted by Crippen LogP contribution is 2.27. The molecule has 0 aliphatic carbocycles. The second-order valence-corrected chi connectivity index (χ2v) is 8.27. The predicted octanol–water partition coefficient (Wildman–Crippen LogP) is 2.84. The first-order valence-corrected chi connectivity index (χ1v) is 10.7. The van der Waals surface area contributed by atoms with Gasteiger partial charge in [0.05, 0.1) is 24.7 Å². The van der Waals surface area contributed by atoms with Crippen LogP contribution in [-0.2, 0) is 9.53 Å². The topological polar surface area (TPSA) is 63.5 Å². The van der Waals surface area contributed by atoms with Gasteiger partial charge in [-0.05, 0) is 39.8 Å². The minimum Gasteiger partial charge on any atom is -0.378 e. The van der Waals surface area contributed by atoms with E-state index in [1.54, 1.807) is 0 Å². The quantitative estimate of drug-likeness (QED) is 0.663. The maximum atomic E-state index is 12.8. The van der Waals surface area contributed by atoms with Gasteiger partial charge in [0.1, 0.15) is 0 Å². The number of morpholine rings is 1. The van der Waals surface area contributed by atoms with Gasteiger partial charge in [0.15, 0.2) is 5.16 Å². The average molecular weight is 404 g/mol. The molecule has 2 heterocycles. The Morgan fingerprint density at radius 2 is 1.75 bits per heavy atom. The molecular weight excluding hydrogens is 374 g/mol. The number of carbonyl (C=O) groups excluding carboxylic acids is 1. The van der Waals surface area contributed by atoms with E-state index in [-0.39, 0.29) is 18.0 Å². The van der Waals surface area contributed by atoms with Gasteiger partial charge >= 0.3 is 0 Å². The average Bonchev–Trinajstić information content (AvgIpc) is 3.11. The van der Waals surface area contributed by atoms with Gasteiger partial charge in [0.2, 0.25) is 11.9 Å². The van der Waals surface area contributed by atoms with Gasteiger partial charge in [-0.2, -0.15) is 0 Å². The monoisotopic (exact) mass is 403 g/mol. The molecule has 1 aromatic heterocycles. The molecule has 3 rings (SSSR count). The fourth-order valence-corrected chi connectivity index (χ4v) is 4.32. The number of ether oxygens (including phenoxy) is 1. The van der Waals surface area contributed by atoms with Crippen LogP contribution in [0.5, 0.6) is 0 Å². The van der Waals surface area contributed by atoms with Crippen LogP contribution in [0.15, 0.2) is 35.5 Å². The van der Waals surface area contributed by atoms with Crippen LogP contribution in [0.1, 0.15) is 27.7 Å². The molecule has 7 nitrogen and oxygen atoms in total. The van der Waals surface area contributed by atoms with Crippen molar-refractivity contribution >= 4 is 23.6 Å². The van der Waals surface area contributed by atoms with Crippen molar-refractivity contribution in [1.82, 2.24) is 19.7 Å². The Morgan fingerprint density at radius 1 is 1.11 bits per heavy atom. The lowest BCUT2D eigenvalue weighted by Gasteiger charge is -2.30. The highest BCUT2D eigenvalue weighted by Gasteiger charge is 2.24. The molecule has 0 bridgehead atoms. The molecule has 1 amide bonds. The first kappa shape index (κ1) is 20.7. The van der Waals surface area contributed by atoms with E-state index in [0.29, 0.717) is 19.0 Å². The van der Waals surface area contributed by atoms with E-state index in [1.165, 1.54) is 11.8 Å². The van der Waals surface area contributed by atoms with Crippen LogP contribution in [-0.4, -0.2) is 69.7 Å². The first-order chi connectivity index (χ1) is 13.5. The molecule has 1 saturated heterocycles. The summed E-state index contributed by atoms with van der Waals surface area (Å²) in [6.45, 7) is 11.1. The van der Waals surface area contributed by atoms with E-state index in [0.717, 1.165) is 29.9 Å². The number of aromatic nitrogens is 3. The molecule has 0 atom stereocenters. The van der Waals surface area contributed by atoms with Gasteiger partial charge in [0.25, 0.3) is 0 Å². The predicted molar refractivity (Wildman–Crippen MR) is 112 cm³/mol. The smallest absolute Gasteiger partial charge is 0.233 e. The Morgan fingerprint density at radius 3 is 2.36 bits per heavy atom. The summed E-state index contributed by atoms with van der Waals surface area (Å²) in [5, 5.41) is 9.59. The molecule has 1 aromatic carbocycles. The lowest BCUT2D eigenvalue weighted by atomic mass is 10.2. The van der Waals surface area contributed by atoms with Gasteiger partial charge in [0, 0.05) is 25.2 Å². The van der Waals surface area contributed by atoms with Crippen LogP contribution in [0.25, 0.3) is 5.69 Å². The summed E-state index contributed by atoms with van der Waals surface area (Å²) < 4.78 is 7.51. The zero-order chi connectivity index (χ0) is 20.1. The summed E-state index contributed by atoms with van der Waals surface area (Å²) in [7, 11) is 0. The van der Waals surface area contributed by atoms with E-state index in [2.05, 4.69) is 15.1 Å². The summed E-state index contributed by atoms with van der Waals surface area (Å²) in [5.41, 5.74) is 0.994. The van der Waals surface area contributed by atoms with E-state index in [1.807, 2.05) is 67.5 Å². The first-order valence-electron chi connectivity index (χ1n) is 9.76. The molecule has 28 heavy (non-hydrogen) atoms. The molecule has 0 radical (unpaired) electrons. The number of hydrogen-bond acceptors (Lipinski definition) is 6. The SMILES string of the molecule is CC(C)N(C(=O)CSc1nnc(N2CCOCC2)n1-c1ccccc1)C(C)C. The lowest BCUT2D eigenvalue weighted by molar-refractivity contribution is -0.131. The number of para-hydroxylation sites is 1. The highest BCUT2D eigenvalue weighted by molar-refractivity contribution is 7.99.